The van der Waals surface area contributed by atoms with Crippen molar-refractivity contribution in [3.05, 3.63) is 0 Å². The molecule has 0 aliphatic carbocycles. The maximum Gasteiger partial charge on any atom is 0.0112 e. The highest BCUT2D eigenvalue weighted by atomic mass is 15.1. The van der Waals surface area contributed by atoms with Crippen LogP contribution in [-0.2, 0) is 0 Å². The third-order valence-electron chi connectivity index (χ3n) is 2.41. The van der Waals surface area contributed by atoms with Gasteiger partial charge in [0.25, 0.3) is 0 Å². The lowest BCUT2D eigenvalue weighted by Crippen LogP contribution is -2.38. The summed E-state index contributed by atoms with van der Waals surface area (Å²) in [5.74, 6) is 0. The fourth-order valence-corrected chi connectivity index (χ4v) is 0.935. The molecular formula is C9H21N. The van der Waals surface area contributed by atoms with Crippen molar-refractivity contribution in [3.63, 3.8) is 0 Å². The zero-order chi connectivity index (χ0) is 8.36. The summed E-state index contributed by atoms with van der Waals surface area (Å²) in [6.07, 6.45) is 0. The lowest BCUT2D eigenvalue weighted by atomic mass is 9.87. The van der Waals surface area contributed by atoms with Crippen molar-refractivity contribution < 1.29 is 0 Å². The predicted octanol–water partition coefficient (Wildman–Crippen LogP) is 2.37. The van der Waals surface area contributed by atoms with Crippen LogP contribution in [0.4, 0.5) is 0 Å². The first-order valence-electron chi connectivity index (χ1n) is 4.09. The molecule has 0 aromatic rings. The molecule has 0 spiro atoms. The third-order valence-corrected chi connectivity index (χ3v) is 2.41. The summed E-state index contributed by atoms with van der Waals surface area (Å²) in [7, 11) is 2.18. The Bertz CT molecular complexity index is 91.4. The van der Waals surface area contributed by atoms with Gasteiger partial charge in [0.05, 0.1) is 0 Å². The van der Waals surface area contributed by atoms with Crippen LogP contribution in [0.15, 0.2) is 0 Å². The predicted molar refractivity (Wildman–Crippen MR) is 47.2 cm³/mol. The fraction of sp³-hybridized carbons (Fsp3) is 1.00. The van der Waals surface area contributed by atoms with E-state index in [-0.39, 0.29) is 0 Å². The van der Waals surface area contributed by atoms with E-state index in [0.29, 0.717) is 11.5 Å². The van der Waals surface area contributed by atoms with Crippen molar-refractivity contribution >= 4 is 0 Å². The van der Waals surface area contributed by atoms with E-state index >= 15 is 0 Å². The molecule has 0 saturated heterocycles. The summed E-state index contributed by atoms with van der Waals surface area (Å²) in [6.45, 7) is 12.5. The molecule has 0 saturated carbocycles. The van der Waals surface area contributed by atoms with E-state index in [1.54, 1.807) is 0 Å². The first kappa shape index (κ1) is 9.96. The Morgan fingerprint density at radius 3 is 1.80 bits per heavy atom. The van der Waals surface area contributed by atoms with Crippen molar-refractivity contribution in [2.75, 3.05) is 13.6 Å². The Labute approximate surface area is 65.4 Å². The first-order chi connectivity index (χ1) is 4.39. The molecule has 1 atom stereocenters. The van der Waals surface area contributed by atoms with Gasteiger partial charge in [0.2, 0.25) is 0 Å². The van der Waals surface area contributed by atoms with Crippen molar-refractivity contribution in [2.45, 2.75) is 40.7 Å². The Kier molecular flexibility index (Phi) is 3.37. The molecule has 0 aliphatic heterocycles. The maximum absolute atomic E-state index is 2.38. The Balaban J connectivity index is 3.94. The lowest BCUT2D eigenvalue weighted by molar-refractivity contribution is 0.147. The van der Waals surface area contributed by atoms with Crippen LogP contribution in [-0.4, -0.2) is 24.5 Å². The number of hydrogen-bond donors (Lipinski definition) is 0. The van der Waals surface area contributed by atoms with E-state index in [9.17, 15) is 0 Å². The van der Waals surface area contributed by atoms with Crippen molar-refractivity contribution in [2.24, 2.45) is 5.41 Å². The van der Waals surface area contributed by atoms with Crippen LogP contribution in [0.3, 0.4) is 0 Å². The van der Waals surface area contributed by atoms with E-state index in [0.717, 1.165) is 6.54 Å². The molecule has 0 fully saturated rings. The van der Waals surface area contributed by atoms with Gasteiger partial charge >= 0.3 is 0 Å². The molecule has 0 amide bonds. The summed E-state index contributed by atoms with van der Waals surface area (Å²) in [4.78, 5) is 2.38. The quantitative estimate of drug-likeness (QED) is 0.573. The molecule has 0 radical (unpaired) electrons. The van der Waals surface area contributed by atoms with E-state index < -0.39 is 0 Å². The molecule has 0 unspecified atom stereocenters. The van der Waals surface area contributed by atoms with Gasteiger partial charge in [-0.15, -0.1) is 0 Å². The zero-order valence-corrected chi connectivity index (χ0v) is 8.23. The van der Waals surface area contributed by atoms with E-state index in [1.165, 1.54) is 0 Å². The third kappa shape index (κ3) is 2.70. The SMILES string of the molecule is CCN(C)[C@@H](C)C(C)(C)C. The number of rotatable bonds is 2. The number of hydrogen-bond acceptors (Lipinski definition) is 1. The van der Waals surface area contributed by atoms with Gasteiger partial charge in [-0.1, -0.05) is 27.7 Å². The Hall–Kier alpha value is -0.0400. The van der Waals surface area contributed by atoms with Crippen LogP contribution < -0.4 is 0 Å². The summed E-state index contributed by atoms with van der Waals surface area (Å²) in [6, 6.07) is 0.664. The molecule has 62 valence electrons. The average Bonchev–Trinajstić information content (AvgIpc) is 1.83. The van der Waals surface area contributed by atoms with Gasteiger partial charge in [0.15, 0.2) is 0 Å². The molecule has 10 heavy (non-hydrogen) atoms. The van der Waals surface area contributed by atoms with E-state index in [2.05, 4.69) is 46.6 Å². The van der Waals surface area contributed by atoms with Crippen LogP contribution in [0.2, 0.25) is 0 Å². The lowest BCUT2D eigenvalue weighted by Gasteiger charge is -2.34. The molecule has 0 aliphatic rings. The Morgan fingerprint density at radius 2 is 1.70 bits per heavy atom. The molecule has 0 rings (SSSR count). The molecule has 0 N–H and O–H groups in total. The van der Waals surface area contributed by atoms with Gasteiger partial charge in [-0.25, -0.2) is 0 Å². The van der Waals surface area contributed by atoms with Gasteiger partial charge in [-0.3, -0.25) is 0 Å². The minimum atomic E-state index is 0.408. The van der Waals surface area contributed by atoms with Crippen LogP contribution in [0.1, 0.15) is 34.6 Å². The summed E-state index contributed by atoms with van der Waals surface area (Å²) < 4.78 is 0. The summed E-state index contributed by atoms with van der Waals surface area (Å²) in [5, 5.41) is 0. The average molecular weight is 143 g/mol. The standard InChI is InChI=1S/C9H21N/c1-7-10(6)8(2)9(3,4)5/h8H,7H2,1-6H3/t8-/m0/s1. The molecule has 0 bridgehead atoms. The summed E-state index contributed by atoms with van der Waals surface area (Å²) in [5.41, 5.74) is 0.408. The molecule has 0 heterocycles. The van der Waals surface area contributed by atoms with Gasteiger partial charge in [0, 0.05) is 6.04 Å². The maximum atomic E-state index is 2.38. The Morgan fingerprint density at radius 1 is 1.30 bits per heavy atom. The molecule has 1 heteroatoms. The topological polar surface area (TPSA) is 3.24 Å². The zero-order valence-electron chi connectivity index (χ0n) is 8.23. The molecular weight excluding hydrogens is 122 g/mol. The van der Waals surface area contributed by atoms with Crippen molar-refractivity contribution in [1.82, 2.24) is 4.90 Å². The van der Waals surface area contributed by atoms with Crippen LogP contribution in [0.25, 0.3) is 0 Å². The smallest absolute Gasteiger partial charge is 0.0112 e. The molecule has 1 nitrogen and oxygen atoms in total. The minimum absolute atomic E-state index is 0.408. The minimum Gasteiger partial charge on any atom is -0.303 e. The second-order valence-electron chi connectivity index (χ2n) is 4.12. The van der Waals surface area contributed by atoms with Crippen molar-refractivity contribution in [1.29, 1.82) is 0 Å². The van der Waals surface area contributed by atoms with Crippen molar-refractivity contribution in [3.8, 4) is 0 Å². The number of nitrogens with zero attached hydrogens (tertiary/aromatic N) is 1. The molecule has 0 aromatic heterocycles. The highest BCUT2D eigenvalue weighted by Crippen LogP contribution is 2.22. The monoisotopic (exact) mass is 143 g/mol. The van der Waals surface area contributed by atoms with Crippen LogP contribution in [0.5, 0.6) is 0 Å². The second-order valence-corrected chi connectivity index (χ2v) is 4.12. The van der Waals surface area contributed by atoms with Crippen LogP contribution >= 0.6 is 0 Å². The van der Waals surface area contributed by atoms with Gasteiger partial charge in [-0.05, 0) is 25.9 Å². The highest BCUT2D eigenvalue weighted by molar-refractivity contribution is 4.76. The van der Waals surface area contributed by atoms with Gasteiger partial charge in [0.1, 0.15) is 0 Å². The van der Waals surface area contributed by atoms with E-state index in [1.807, 2.05) is 0 Å². The highest BCUT2D eigenvalue weighted by Gasteiger charge is 2.22. The largest absolute Gasteiger partial charge is 0.303 e. The fourth-order valence-electron chi connectivity index (χ4n) is 0.935. The van der Waals surface area contributed by atoms with Gasteiger partial charge in [-0.2, -0.15) is 0 Å². The first-order valence-corrected chi connectivity index (χ1v) is 4.09. The molecule has 0 aromatic carbocycles. The summed E-state index contributed by atoms with van der Waals surface area (Å²) >= 11 is 0. The van der Waals surface area contributed by atoms with Crippen LogP contribution in [0, 0.1) is 5.41 Å². The van der Waals surface area contributed by atoms with E-state index in [4.69, 9.17) is 0 Å². The normalized spacial score (nSPS) is 15.9. The van der Waals surface area contributed by atoms with Gasteiger partial charge < -0.3 is 4.90 Å². The second kappa shape index (κ2) is 3.38.